The number of hydrogen-bond acceptors (Lipinski definition) is 6. The van der Waals surface area contributed by atoms with E-state index in [1.165, 1.54) is 0 Å². The molecule has 1 amide bonds. The third-order valence-electron chi connectivity index (χ3n) is 5.97. The number of aromatic amines is 1. The van der Waals surface area contributed by atoms with Gasteiger partial charge in [-0.1, -0.05) is 23.8 Å². The molecule has 1 saturated heterocycles. The number of para-hydroxylation sites is 1. The first kappa shape index (κ1) is 24.9. The molecule has 0 spiro atoms. The fourth-order valence-electron chi connectivity index (χ4n) is 4.14. The maximum absolute atomic E-state index is 13.0. The number of nitriles is 1. The number of H-pyrrole nitrogens is 1. The molecule has 1 aliphatic rings. The number of piperazine rings is 1. The molecule has 34 heavy (non-hydrogen) atoms. The van der Waals surface area contributed by atoms with Gasteiger partial charge in [-0.15, -0.1) is 0 Å². The first-order valence-corrected chi connectivity index (χ1v) is 11.4. The Balaban J connectivity index is 1.68. The first-order valence-electron chi connectivity index (χ1n) is 11.4. The number of aliphatic hydroxyl groups is 1. The molecule has 178 valence electrons. The van der Waals surface area contributed by atoms with Crippen molar-refractivity contribution in [2.75, 3.05) is 26.2 Å². The van der Waals surface area contributed by atoms with Crippen molar-refractivity contribution in [1.82, 2.24) is 19.8 Å². The SMILES string of the molecule is C/C=C(C#N)\C=C/C(=C(C)C)N1CCN(C(=O)CCc2nc3ccccc3c(=O)[nH]2)C(CO)C1. The molecule has 0 radical (unpaired) electrons. The zero-order chi connectivity index (χ0) is 24.7. The topological polar surface area (TPSA) is 113 Å². The second-order valence-corrected chi connectivity index (χ2v) is 8.47. The van der Waals surface area contributed by atoms with Crippen molar-refractivity contribution in [2.24, 2.45) is 0 Å². The maximum Gasteiger partial charge on any atom is 0.258 e. The van der Waals surface area contributed by atoms with Crippen LogP contribution in [0.4, 0.5) is 0 Å². The van der Waals surface area contributed by atoms with Crippen LogP contribution in [0.1, 0.15) is 33.0 Å². The third-order valence-corrected chi connectivity index (χ3v) is 5.97. The number of amides is 1. The van der Waals surface area contributed by atoms with Gasteiger partial charge >= 0.3 is 0 Å². The Morgan fingerprint density at radius 3 is 2.74 bits per heavy atom. The Labute approximate surface area is 199 Å². The van der Waals surface area contributed by atoms with Gasteiger partial charge in [0.1, 0.15) is 5.82 Å². The molecule has 1 aromatic heterocycles. The molecule has 2 N–H and O–H groups in total. The van der Waals surface area contributed by atoms with E-state index in [2.05, 4.69) is 20.9 Å². The molecule has 8 heteroatoms. The Morgan fingerprint density at radius 2 is 2.06 bits per heavy atom. The number of aryl methyl sites for hydroxylation is 1. The van der Waals surface area contributed by atoms with Crippen molar-refractivity contribution >= 4 is 16.8 Å². The second kappa shape index (κ2) is 11.4. The summed E-state index contributed by atoms with van der Waals surface area (Å²) in [5.74, 6) is 0.398. The number of carbonyl (C=O) groups excluding carboxylic acids is 1. The first-order chi connectivity index (χ1) is 16.4. The van der Waals surface area contributed by atoms with E-state index in [1.807, 2.05) is 32.9 Å². The summed E-state index contributed by atoms with van der Waals surface area (Å²) in [4.78, 5) is 36.4. The van der Waals surface area contributed by atoms with Crippen molar-refractivity contribution < 1.29 is 9.90 Å². The van der Waals surface area contributed by atoms with Gasteiger partial charge in [-0.25, -0.2) is 4.98 Å². The largest absolute Gasteiger partial charge is 0.394 e. The van der Waals surface area contributed by atoms with Crippen LogP contribution in [0.15, 0.2) is 64.1 Å². The number of aliphatic hydroxyl groups excluding tert-OH is 1. The Bertz CT molecular complexity index is 1230. The van der Waals surface area contributed by atoms with Crippen LogP contribution in [0.2, 0.25) is 0 Å². The van der Waals surface area contributed by atoms with Crippen molar-refractivity contribution in [3.8, 4) is 6.07 Å². The van der Waals surface area contributed by atoms with E-state index in [9.17, 15) is 14.7 Å². The molecule has 3 rings (SSSR count). The van der Waals surface area contributed by atoms with Gasteiger partial charge in [-0.2, -0.15) is 5.26 Å². The van der Waals surface area contributed by atoms with Gasteiger partial charge in [0.05, 0.1) is 29.6 Å². The molecular weight excluding hydrogens is 430 g/mol. The highest BCUT2D eigenvalue weighted by atomic mass is 16.3. The quantitative estimate of drug-likeness (QED) is 0.484. The van der Waals surface area contributed by atoms with E-state index in [1.54, 1.807) is 35.3 Å². The minimum atomic E-state index is -0.343. The van der Waals surface area contributed by atoms with E-state index >= 15 is 0 Å². The van der Waals surface area contributed by atoms with E-state index in [-0.39, 0.29) is 30.5 Å². The van der Waals surface area contributed by atoms with Crippen LogP contribution >= 0.6 is 0 Å². The second-order valence-electron chi connectivity index (χ2n) is 8.47. The van der Waals surface area contributed by atoms with Gasteiger partial charge in [0.25, 0.3) is 5.56 Å². The average Bonchev–Trinajstić information content (AvgIpc) is 2.84. The zero-order valence-electron chi connectivity index (χ0n) is 19.9. The molecule has 2 heterocycles. The highest BCUT2D eigenvalue weighted by Crippen LogP contribution is 2.20. The third kappa shape index (κ3) is 5.80. The summed E-state index contributed by atoms with van der Waals surface area (Å²) in [7, 11) is 0. The van der Waals surface area contributed by atoms with Crippen LogP contribution in [0, 0.1) is 11.3 Å². The molecular formula is C26H31N5O3. The molecule has 1 fully saturated rings. The monoisotopic (exact) mass is 461 g/mol. The van der Waals surface area contributed by atoms with E-state index < -0.39 is 0 Å². The molecule has 2 aromatic rings. The van der Waals surface area contributed by atoms with Gasteiger partial charge < -0.3 is 19.9 Å². The molecule has 0 saturated carbocycles. The molecule has 0 aliphatic carbocycles. The summed E-state index contributed by atoms with van der Waals surface area (Å²) in [6.45, 7) is 7.27. The number of allylic oxidation sites excluding steroid dienone is 5. The van der Waals surface area contributed by atoms with E-state index in [0.717, 1.165) is 11.3 Å². The molecule has 0 bridgehead atoms. The summed E-state index contributed by atoms with van der Waals surface area (Å²) in [6.07, 6.45) is 5.97. The van der Waals surface area contributed by atoms with Crippen LogP contribution in [0.5, 0.6) is 0 Å². The number of carbonyl (C=O) groups is 1. The van der Waals surface area contributed by atoms with Crippen molar-refractivity contribution in [1.29, 1.82) is 5.26 Å². The molecule has 8 nitrogen and oxygen atoms in total. The smallest absolute Gasteiger partial charge is 0.258 e. The lowest BCUT2D eigenvalue weighted by Crippen LogP contribution is -2.56. The normalized spacial score (nSPS) is 16.7. The van der Waals surface area contributed by atoms with E-state index in [4.69, 9.17) is 5.26 Å². The number of nitrogens with one attached hydrogen (secondary N) is 1. The summed E-state index contributed by atoms with van der Waals surface area (Å²) < 4.78 is 0. The number of aromatic nitrogens is 2. The lowest BCUT2D eigenvalue weighted by Gasteiger charge is -2.42. The fourth-order valence-corrected chi connectivity index (χ4v) is 4.14. The summed E-state index contributed by atoms with van der Waals surface area (Å²) >= 11 is 0. The number of benzene rings is 1. The van der Waals surface area contributed by atoms with Gasteiger partial charge in [-0.3, -0.25) is 9.59 Å². The minimum Gasteiger partial charge on any atom is -0.394 e. The van der Waals surface area contributed by atoms with Gasteiger partial charge in [0.2, 0.25) is 5.91 Å². The lowest BCUT2D eigenvalue weighted by molar-refractivity contribution is -0.136. The minimum absolute atomic E-state index is 0.0792. The van der Waals surface area contributed by atoms with Crippen molar-refractivity contribution in [3.63, 3.8) is 0 Å². The standard InChI is InChI=1S/C26H31N5O3/c1-4-19(15-27)9-10-23(18(2)3)30-13-14-31(20(16-30)17-32)25(33)12-11-24-28-22-8-6-5-7-21(22)26(34)29-24/h4-10,20,32H,11-14,16-17H2,1-3H3,(H,28,29,34)/b10-9-,19-4+. The van der Waals surface area contributed by atoms with Crippen LogP contribution in [0.25, 0.3) is 10.9 Å². The average molecular weight is 462 g/mol. The van der Waals surface area contributed by atoms with Crippen molar-refractivity contribution in [2.45, 2.75) is 39.7 Å². The predicted molar refractivity (Wildman–Crippen MR) is 132 cm³/mol. The number of nitrogens with zero attached hydrogens (tertiary/aromatic N) is 4. The van der Waals surface area contributed by atoms with Gasteiger partial charge in [0, 0.05) is 43.7 Å². The summed E-state index contributed by atoms with van der Waals surface area (Å²) in [5.41, 5.74) is 3.04. The highest BCUT2D eigenvalue weighted by Gasteiger charge is 2.30. The van der Waals surface area contributed by atoms with Crippen LogP contribution in [-0.4, -0.2) is 63.1 Å². The number of hydrogen-bond donors (Lipinski definition) is 2. The van der Waals surface area contributed by atoms with Crippen LogP contribution in [0.3, 0.4) is 0 Å². The van der Waals surface area contributed by atoms with Gasteiger partial charge in [-0.05, 0) is 45.1 Å². The number of rotatable bonds is 7. The van der Waals surface area contributed by atoms with Crippen molar-refractivity contribution in [3.05, 3.63) is 75.5 Å². The van der Waals surface area contributed by atoms with E-state index in [0.29, 0.717) is 48.4 Å². The molecule has 1 aliphatic heterocycles. The summed E-state index contributed by atoms with van der Waals surface area (Å²) in [5, 5.41) is 19.7. The van der Waals surface area contributed by atoms with Crippen LogP contribution < -0.4 is 5.56 Å². The lowest BCUT2D eigenvalue weighted by atomic mass is 10.1. The Morgan fingerprint density at radius 1 is 1.29 bits per heavy atom. The Kier molecular flexibility index (Phi) is 8.39. The number of fused-ring (bicyclic) bond motifs is 1. The molecule has 1 aromatic carbocycles. The summed E-state index contributed by atoms with van der Waals surface area (Å²) in [6, 6.07) is 8.91. The predicted octanol–water partition coefficient (Wildman–Crippen LogP) is 2.68. The molecule has 1 atom stereocenters. The Hall–Kier alpha value is -3.70. The maximum atomic E-state index is 13.0. The van der Waals surface area contributed by atoms with Gasteiger partial charge in [0.15, 0.2) is 0 Å². The fraction of sp³-hybridized carbons (Fsp3) is 0.385. The molecule has 1 unspecified atom stereocenters. The zero-order valence-corrected chi connectivity index (χ0v) is 19.9. The highest BCUT2D eigenvalue weighted by molar-refractivity contribution is 5.78. The van der Waals surface area contributed by atoms with Crippen LogP contribution in [-0.2, 0) is 11.2 Å².